The summed E-state index contributed by atoms with van der Waals surface area (Å²) in [6.07, 6.45) is 3.68. The maximum Gasteiger partial charge on any atom is 0.0401 e. The highest BCUT2D eigenvalue weighted by molar-refractivity contribution is 5.47. The van der Waals surface area contributed by atoms with Crippen LogP contribution in [0.2, 0.25) is 0 Å². The lowest BCUT2D eigenvalue weighted by Crippen LogP contribution is -2.00. The highest BCUT2D eigenvalue weighted by Gasteiger charge is 1.96. The Hall–Kier alpha value is -1.96. The quantitative estimate of drug-likeness (QED) is 0.757. The Morgan fingerprint density at radius 1 is 1.00 bits per heavy atom. The summed E-state index contributed by atoms with van der Waals surface area (Å²) in [7, 11) is 0. The van der Waals surface area contributed by atoms with Gasteiger partial charge in [-0.05, 0) is 48.2 Å². The van der Waals surface area contributed by atoms with Gasteiger partial charge in [-0.15, -0.1) is 0 Å². The smallest absolute Gasteiger partial charge is 0.0401 e. The van der Waals surface area contributed by atoms with Gasteiger partial charge in [-0.2, -0.15) is 0 Å². The van der Waals surface area contributed by atoms with Gasteiger partial charge in [-0.25, -0.2) is 0 Å². The van der Waals surface area contributed by atoms with E-state index in [1.807, 2.05) is 18.2 Å². The SMILES string of the molecule is CCCCc1ccc(NCc2cccc(N)c2)cc1. The molecular formula is C17H22N2. The van der Waals surface area contributed by atoms with E-state index in [0.29, 0.717) is 0 Å². The van der Waals surface area contributed by atoms with Crippen LogP contribution in [0.5, 0.6) is 0 Å². The summed E-state index contributed by atoms with van der Waals surface area (Å²) < 4.78 is 0. The Balaban J connectivity index is 1.89. The zero-order valence-electron chi connectivity index (χ0n) is 11.5. The first-order valence-corrected chi connectivity index (χ1v) is 6.95. The number of anilines is 2. The molecule has 0 aliphatic rings. The van der Waals surface area contributed by atoms with Gasteiger partial charge in [0.15, 0.2) is 0 Å². The first-order valence-electron chi connectivity index (χ1n) is 6.95. The normalized spacial score (nSPS) is 10.4. The number of hydrogen-bond donors (Lipinski definition) is 2. The van der Waals surface area contributed by atoms with Gasteiger partial charge < -0.3 is 11.1 Å². The first kappa shape index (κ1) is 13.5. The van der Waals surface area contributed by atoms with Crippen LogP contribution in [0, 0.1) is 0 Å². The summed E-state index contributed by atoms with van der Waals surface area (Å²) in [5, 5.41) is 3.42. The molecule has 3 N–H and O–H groups in total. The van der Waals surface area contributed by atoms with Crippen molar-refractivity contribution in [2.45, 2.75) is 32.7 Å². The predicted octanol–water partition coefficient (Wildman–Crippen LogP) is 4.22. The van der Waals surface area contributed by atoms with Crippen molar-refractivity contribution in [3.05, 3.63) is 59.7 Å². The minimum absolute atomic E-state index is 0.805. The Bertz CT molecular complexity index is 503. The van der Waals surface area contributed by atoms with Crippen molar-refractivity contribution in [1.29, 1.82) is 0 Å². The third-order valence-corrected chi connectivity index (χ3v) is 3.22. The predicted molar refractivity (Wildman–Crippen MR) is 83.2 cm³/mol. The minimum Gasteiger partial charge on any atom is -0.399 e. The molecule has 0 atom stereocenters. The fourth-order valence-electron chi connectivity index (χ4n) is 2.08. The number of benzene rings is 2. The average molecular weight is 254 g/mol. The molecule has 0 bridgehead atoms. The molecule has 0 aromatic heterocycles. The monoisotopic (exact) mass is 254 g/mol. The number of nitrogens with two attached hydrogens (primary N) is 1. The molecule has 0 spiro atoms. The molecule has 0 saturated carbocycles. The summed E-state index contributed by atoms with van der Waals surface area (Å²) >= 11 is 0. The van der Waals surface area contributed by atoms with Gasteiger partial charge >= 0.3 is 0 Å². The molecular weight excluding hydrogens is 232 g/mol. The van der Waals surface area contributed by atoms with E-state index in [1.54, 1.807) is 0 Å². The summed E-state index contributed by atoms with van der Waals surface area (Å²) in [6.45, 7) is 3.03. The van der Waals surface area contributed by atoms with Crippen LogP contribution in [-0.4, -0.2) is 0 Å². The van der Waals surface area contributed by atoms with Crippen LogP contribution in [0.3, 0.4) is 0 Å². The topological polar surface area (TPSA) is 38.0 Å². The van der Waals surface area contributed by atoms with Gasteiger partial charge in [-0.1, -0.05) is 37.6 Å². The molecule has 2 rings (SSSR count). The standard InChI is InChI=1S/C17H22N2/c1-2-3-5-14-8-10-17(11-9-14)19-13-15-6-4-7-16(18)12-15/h4,6-12,19H,2-3,5,13,18H2,1H3. The van der Waals surface area contributed by atoms with Crippen LogP contribution >= 0.6 is 0 Å². The van der Waals surface area contributed by atoms with Crippen LogP contribution in [0.4, 0.5) is 11.4 Å². The number of unbranched alkanes of at least 4 members (excludes halogenated alkanes) is 1. The number of nitrogen functional groups attached to an aromatic ring is 1. The maximum atomic E-state index is 5.77. The summed E-state index contributed by atoms with van der Waals surface area (Å²) in [5.74, 6) is 0. The fraction of sp³-hybridized carbons (Fsp3) is 0.294. The van der Waals surface area contributed by atoms with Crippen LogP contribution in [0.15, 0.2) is 48.5 Å². The fourth-order valence-corrected chi connectivity index (χ4v) is 2.08. The molecule has 0 amide bonds. The molecule has 0 aliphatic carbocycles. The number of rotatable bonds is 6. The van der Waals surface area contributed by atoms with E-state index in [2.05, 4.69) is 42.6 Å². The highest BCUT2D eigenvalue weighted by atomic mass is 14.9. The molecule has 2 aromatic carbocycles. The molecule has 100 valence electrons. The van der Waals surface area contributed by atoms with Gasteiger partial charge in [0.2, 0.25) is 0 Å². The molecule has 0 fully saturated rings. The van der Waals surface area contributed by atoms with Crippen molar-refractivity contribution in [1.82, 2.24) is 0 Å². The molecule has 0 aliphatic heterocycles. The lowest BCUT2D eigenvalue weighted by molar-refractivity contribution is 0.795. The van der Waals surface area contributed by atoms with E-state index in [0.717, 1.165) is 17.9 Å². The lowest BCUT2D eigenvalue weighted by Gasteiger charge is -2.08. The van der Waals surface area contributed by atoms with Crippen LogP contribution < -0.4 is 11.1 Å². The van der Waals surface area contributed by atoms with Gasteiger partial charge in [0, 0.05) is 17.9 Å². The summed E-state index contributed by atoms with van der Waals surface area (Å²) in [5.41, 5.74) is 10.4. The van der Waals surface area contributed by atoms with E-state index in [4.69, 9.17) is 5.73 Å². The molecule has 0 heterocycles. The second kappa shape index (κ2) is 6.83. The van der Waals surface area contributed by atoms with E-state index in [1.165, 1.54) is 30.4 Å². The number of nitrogens with one attached hydrogen (secondary N) is 1. The molecule has 19 heavy (non-hydrogen) atoms. The van der Waals surface area contributed by atoms with Gasteiger partial charge in [0.25, 0.3) is 0 Å². The van der Waals surface area contributed by atoms with Crippen molar-refractivity contribution < 1.29 is 0 Å². The second-order valence-electron chi connectivity index (χ2n) is 4.90. The third kappa shape index (κ3) is 4.32. The second-order valence-corrected chi connectivity index (χ2v) is 4.90. The van der Waals surface area contributed by atoms with E-state index < -0.39 is 0 Å². The zero-order chi connectivity index (χ0) is 13.5. The third-order valence-electron chi connectivity index (χ3n) is 3.22. The van der Waals surface area contributed by atoms with Gasteiger partial charge in [0.05, 0.1) is 0 Å². The Labute approximate surface area is 115 Å². The Kier molecular flexibility index (Phi) is 4.85. The molecule has 2 aromatic rings. The molecule has 0 radical (unpaired) electrons. The van der Waals surface area contributed by atoms with Crippen LogP contribution in [-0.2, 0) is 13.0 Å². The molecule has 0 unspecified atom stereocenters. The lowest BCUT2D eigenvalue weighted by atomic mass is 10.1. The zero-order valence-corrected chi connectivity index (χ0v) is 11.5. The van der Waals surface area contributed by atoms with E-state index in [-0.39, 0.29) is 0 Å². The maximum absolute atomic E-state index is 5.77. The van der Waals surface area contributed by atoms with Gasteiger partial charge in [-0.3, -0.25) is 0 Å². The van der Waals surface area contributed by atoms with E-state index >= 15 is 0 Å². The van der Waals surface area contributed by atoms with Crippen molar-refractivity contribution in [3.8, 4) is 0 Å². The number of aryl methyl sites for hydroxylation is 1. The van der Waals surface area contributed by atoms with Crippen molar-refractivity contribution >= 4 is 11.4 Å². The van der Waals surface area contributed by atoms with Crippen molar-refractivity contribution in [2.24, 2.45) is 0 Å². The molecule has 2 nitrogen and oxygen atoms in total. The first-order chi connectivity index (χ1) is 9.28. The highest BCUT2D eigenvalue weighted by Crippen LogP contribution is 2.14. The van der Waals surface area contributed by atoms with Crippen molar-refractivity contribution in [3.63, 3.8) is 0 Å². The largest absolute Gasteiger partial charge is 0.399 e. The Morgan fingerprint density at radius 3 is 2.47 bits per heavy atom. The molecule has 2 heteroatoms. The van der Waals surface area contributed by atoms with Gasteiger partial charge in [0.1, 0.15) is 0 Å². The molecule has 0 saturated heterocycles. The minimum atomic E-state index is 0.805. The summed E-state index contributed by atoms with van der Waals surface area (Å²) in [6, 6.07) is 16.7. The van der Waals surface area contributed by atoms with Crippen molar-refractivity contribution in [2.75, 3.05) is 11.1 Å². The van der Waals surface area contributed by atoms with E-state index in [9.17, 15) is 0 Å². The summed E-state index contributed by atoms with van der Waals surface area (Å²) in [4.78, 5) is 0. The number of hydrogen-bond acceptors (Lipinski definition) is 2. The van der Waals surface area contributed by atoms with Crippen LogP contribution in [0.25, 0.3) is 0 Å². The Morgan fingerprint density at radius 2 is 1.79 bits per heavy atom. The van der Waals surface area contributed by atoms with Crippen LogP contribution in [0.1, 0.15) is 30.9 Å². The average Bonchev–Trinajstić information content (AvgIpc) is 2.44.